The van der Waals surface area contributed by atoms with Crippen LogP contribution >= 0.6 is 11.6 Å². The van der Waals surface area contributed by atoms with Gasteiger partial charge in [0.15, 0.2) is 0 Å². The summed E-state index contributed by atoms with van der Waals surface area (Å²) in [6, 6.07) is 6.71. The van der Waals surface area contributed by atoms with Gasteiger partial charge >= 0.3 is 0 Å². The first-order chi connectivity index (χ1) is 8.63. The van der Waals surface area contributed by atoms with Gasteiger partial charge in [-0.05, 0) is 45.0 Å². The molecule has 18 heavy (non-hydrogen) atoms. The second kappa shape index (κ2) is 5.81. The molecule has 0 bridgehead atoms. The minimum absolute atomic E-state index is 0.426. The molecule has 1 aromatic rings. The highest BCUT2D eigenvalue weighted by molar-refractivity contribution is 6.30. The predicted octanol–water partition coefficient (Wildman–Crippen LogP) is 2.93. The third kappa shape index (κ3) is 2.73. The lowest BCUT2D eigenvalue weighted by Gasteiger charge is -2.35. The molecule has 1 heterocycles. The number of hydrogen-bond acceptors (Lipinski definition) is 3. The molecule has 1 saturated heterocycles. The fourth-order valence-electron chi connectivity index (χ4n) is 2.63. The van der Waals surface area contributed by atoms with E-state index < -0.39 is 0 Å². The van der Waals surface area contributed by atoms with Crippen molar-refractivity contribution < 1.29 is 4.74 Å². The van der Waals surface area contributed by atoms with Crippen molar-refractivity contribution in [3.05, 3.63) is 23.2 Å². The zero-order valence-corrected chi connectivity index (χ0v) is 12.0. The van der Waals surface area contributed by atoms with Crippen LogP contribution in [0, 0.1) is 0 Å². The van der Waals surface area contributed by atoms with Crippen molar-refractivity contribution in [1.29, 1.82) is 0 Å². The summed E-state index contributed by atoms with van der Waals surface area (Å²) >= 11 is 6.13. The minimum Gasteiger partial charge on any atom is -0.495 e. The summed E-state index contributed by atoms with van der Waals surface area (Å²) in [6.45, 7) is 6.53. The zero-order valence-electron chi connectivity index (χ0n) is 11.2. The summed E-state index contributed by atoms with van der Waals surface area (Å²) in [7, 11) is 1.71. The van der Waals surface area contributed by atoms with Gasteiger partial charge in [-0.25, -0.2) is 0 Å². The molecule has 0 aromatic heterocycles. The first-order valence-corrected chi connectivity index (χ1v) is 6.84. The zero-order chi connectivity index (χ0) is 13.1. The Bertz CT molecular complexity index is 399. The Morgan fingerprint density at radius 3 is 2.83 bits per heavy atom. The first-order valence-electron chi connectivity index (χ1n) is 6.46. The van der Waals surface area contributed by atoms with Crippen LogP contribution in [0.1, 0.15) is 20.3 Å². The van der Waals surface area contributed by atoms with E-state index in [4.69, 9.17) is 16.3 Å². The average molecular weight is 269 g/mol. The highest BCUT2D eigenvalue weighted by Gasteiger charge is 2.25. The van der Waals surface area contributed by atoms with Crippen LogP contribution in [0.2, 0.25) is 5.02 Å². The Morgan fingerprint density at radius 1 is 1.33 bits per heavy atom. The van der Waals surface area contributed by atoms with E-state index in [9.17, 15) is 0 Å². The number of anilines is 1. The highest BCUT2D eigenvalue weighted by Crippen LogP contribution is 2.34. The summed E-state index contributed by atoms with van der Waals surface area (Å²) < 4.78 is 5.47. The van der Waals surface area contributed by atoms with Crippen molar-refractivity contribution in [3.8, 4) is 5.75 Å². The second-order valence-corrected chi connectivity index (χ2v) is 5.35. The van der Waals surface area contributed by atoms with Crippen LogP contribution in [-0.4, -0.2) is 32.3 Å². The van der Waals surface area contributed by atoms with Crippen LogP contribution in [0.4, 0.5) is 5.69 Å². The standard InChI is InChI=1S/C14H21ClN2O/c1-10-6-7-16-9-11(2)17(10)13-8-12(15)4-5-14(13)18-3/h4-5,8,10-11,16H,6-7,9H2,1-3H3. The molecule has 0 saturated carbocycles. The maximum Gasteiger partial charge on any atom is 0.142 e. The van der Waals surface area contributed by atoms with E-state index in [-0.39, 0.29) is 0 Å². The lowest BCUT2D eigenvalue weighted by atomic mass is 10.1. The number of hydrogen-bond donors (Lipinski definition) is 1. The van der Waals surface area contributed by atoms with Crippen molar-refractivity contribution >= 4 is 17.3 Å². The summed E-state index contributed by atoms with van der Waals surface area (Å²) in [5.41, 5.74) is 1.09. The van der Waals surface area contributed by atoms with Crippen LogP contribution in [0.5, 0.6) is 5.75 Å². The van der Waals surface area contributed by atoms with E-state index in [1.165, 1.54) is 0 Å². The number of benzene rings is 1. The quantitative estimate of drug-likeness (QED) is 0.893. The SMILES string of the molecule is COc1ccc(Cl)cc1N1C(C)CCNCC1C. The molecular formula is C14H21ClN2O. The van der Waals surface area contributed by atoms with Gasteiger partial charge < -0.3 is 15.0 Å². The van der Waals surface area contributed by atoms with Crippen molar-refractivity contribution in [2.45, 2.75) is 32.4 Å². The molecule has 100 valence electrons. The number of ether oxygens (including phenoxy) is 1. The highest BCUT2D eigenvalue weighted by atomic mass is 35.5. The minimum atomic E-state index is 0.426. The number of nitrogens with one attached hydrogen (secondary N) is 1. The second-order valence-electron chi connectivity index (χ2n) is 4.91. The number of halogens is 1. The average Bonchev–Trinajstić information content (AvgIpc) is 2.50. The molecule has 2 rings (SSSR count). The van der Waals surface area contributed by atoms with Crippen LogP contribution in [0.3, 0.4) is 0 Å². The van der Waals surface area contributed by atoms with Gasteiger partial charge in [0.25, 0.3) is 0 Å². The van der Waals surface area contributed by atoms with Gasteiger partial charge in [0, 0.05) is 23.7 Å². The maximum absolute atomic E-state index is 6.13. The lowest BCUT2D eigenvalue weighted by molar-refractivity contribution is 0.411. The number of rotatable bonds is 2. The van der Waals surface area contributed by atoms with E-state index in [1.54, 1.807) is 7.11 Å². The van der Waals surface area contributed by atoms with Crippen molar-refractivity contribution in [2.24, 2.45) is 0 Å². The van der Waals surface area contributed by atoms with Gasteiger partial charge in [0.2, 0.25) is 0 Å². The van der Waals surface area contributed by atoms with Crippen molar-refractivity contribution in [1.82, 2.24) is 5.32 Å². The molecule has 1 aliphatic heterocycles. The van der Waals surface area contributed by atoms with Gasteiger partial charge in [-0.3, -0.25) is 0 Å². The third-order valence-corrected chi connectivity index (χ3v) is 3.78. The lowest BCUT2D eigenvalue weighted by Crippen LogP contribution is -2.42. The molecular weight excluding hydrogens is 248 g/mol. The van der Waals surface area contributed by atoms with Crippen LogP contribution in [-0.2, 0) is 0 Å². The molecule has 2 atom stereocenters. The Labute approximate surface area is 114 Å². The van der Waals surface area contributed by atoms with Crippen LogP contribution in [0.25, 0.3) is 0 Å². The van der Waals surface area contributed by atoms with Gasteiger partial charge in [-0.2, -0.15) is 0 Å². The van der Waals surface area contributed by atoms with E-state index >= 15 is 0 Å². The third-order valence-electron chi connectivity index (χ3n) is 3.55. The summed E-state index contributed by atoms with van der Waals surface area (Å²) in [4.78, 5) is 2.41. The summed E-state index contributed by atoms with van der Waals surface area (Å²) in [5.74, 6) is 0.889. The fraction of sp³-hybridized carbons (Fsp3) is 0.571. The molecule has 0 amide bonds. The number of methoxy groups -OCH3 is 1. The Morgan fingerprint density at radius 2 is 2.11 bits per heavy atom. The summed E-state index contributed by atoms with van der Waals surface area (Å²) in [6.07, 6.45) is 1.13. The topological polar surface area (TPSA) is 24.5 Å². The largest absolute Gasteiger partial charge is 0.495 e. The molecule has 3 nitrogen and oxygen atoms in total. The number of nitrogens with zero attached hydrogens (tertiary/aromatic N) is 1. The smallest absolute Gasteiger partial charge is 0.142 e. The Kier molecular flexibility index (Phi) is 4.36. The molecule has 0 spiro atoms. The van der Waals surface area contributed by atoms with Crippen LogP contribution in [0.15, 0.2) is 18.2 Å². The van der Waals surface area contributed by atoms with Gasteiger partial charge in [-0.15, -0.1) is 0 Å². The summed E-state index contributed by atoms with van der Waals surface area (Å²) in [5, 5.41) is 4.22. The van der Waals surface area contributed by atoms with Crippen LogP contribution < -0.4 is 15.0 Å². The normalized spacial score (nSPS) is 24.8. The molecule has 1 aromatic carbocycles. The molecule has 2 unspecified atom stereocenters. The maximum atomic E-state index is 6.13. The molecule has 1 fully saturated rings. The predicted molar refractivity (Wildman–Crippen MR) is 76.9 cm³/mol. The van der Waals surface area contributed by atoms with E-state index in [2.05, 4.69) is 24.1 Å². The molecule has 4 heteroatoms. The van der Waals surface area contributed by atoms with E-state index in [0.717, 1.165) is 36.0 Å². The first kappa shape index (κ1) is 13.5. The van der Waals surface area contributed by atoms with Crippen molar-refractivity contribution in [2.75, 3.05) is 25.1 Å². The molecule has 1 aliphatic rings. The fourth-order valence-corrected chi connectivity index (χ4v) is 2.80. The Balaban J connectivity index is 2.40. The van der Waals surface area contributed by atoms with Gasteiger partial charge in [0.05, 0.1) is 12.8 Å². The molecule has 0 radical (unpaired) electrons. The van der Waals surface area contributed by atoms with E-state index in [1.807, 2.05) is 18.2 Å². The monoisotopic (exact) mass is 268 g/mol. The van der Waals surface area contributed by atoms with Crippen molar-refractivity contribution in [3.63, 3.8) is 0 Å². The molecule has 1 N–H and O–H groups in total. The van der Waals surface area contributed by atoms with Gasteiger partial charge in [-0.1, -0.05) is 11.6 Å². The Hall–Kier alpha value is -0.930. The molecule has 0 aliphatic carbocycles. The van der Waals surface area contributed by atoms with Gasteiger partial charge in [0.1, 0.15) is 5.75 Å². The van der Waals surface area contributed by atoms with E-state index in [0.29, 0.717) is 12.1 Å².